The highest BCUT2D eigenvalue weighted by Gasteiger charge is 2.02. The standard InChI is InChI=1S/C7H12N4O/c1-5-9-6(2)11(10-5)4-3-7(8)12/h3-4H2,1-2H3,(H2,8,12). The lowest BCUT2D eigenvalue weighted by molar-refractivity contribution is -0.118. The van der Waals surface area contributed by atoms with E-state index in [4.69, 9.17) is 5.73 Å². The molecule has 12 heavy (non-hydrogen) atoms. The van der Waals surface area contributed by atoms with E-state index in [0.717, 1.165) is 11.6 Å². The van der Waals surface area contributed by atoms with Crippen LogP contribution in [0.15, 0.2) is 0 Å². The maximum Gasteiger partial charge on any atom is 0.219 e. The Morgan fingerprint density at radius 2 is 2.25 bits per heavy atom. The lowest BCUT2D eigenvalue weighted by atomic mass is 10.4. The van der Waals surface area contributed by atoms with E-state index in [1.165, 1.54) is 0 Å². The fraction of sp³-hybridized carbons (Fsp3) is 0.571. The Labute approximate surface area is 70.6 Å². The second kappa shape index (κ2) is 3.34. The van der Waals surface area contributed by atoms with Gasteiger partial charge in [-0.3, -0.25) is 4.79 Å². The third kappa shape index (κ3) is 2.05. The predicted molar refractivity (Wildman–Crippen MR) is 43.3 cm³/mol. The summed E-state index contributed by atoms with van der Waals surface area (Å²) in [5.74, 6) is 1.22. The van der Waals surface area contributed by atoms with Crippen LogP contribution in [0, 0.1) is 13.8 Å². The highest BCUT2D eigenvalue weighted by Crippen LogP contribution is 1.96. The summed E-state index contributed by atoms with van der Waals surface area (Å²) in [4.78, 5) is 14.5. The highest BCUT2D eigenvalue weighted by molar-refractivity contribution is 5.73. The van der Waals surface area contributed by atoms with Crippen LogP contribution in [0.5, 0.6) is 0 Å². The van der Waals surface area contributed by atoms with Gasteiger partial charge in [0.1, 0.15) is 11.6 Å². The monoisotopic (exact) mass is 168 g/mol. The quantitative estimate of drug-likeness (QED) is 0.677. The van der Waals surface area contributed by atoms with Crippen molar-refractivity contribution in [2.45, 2.75) is 26.8 Å². The second-order valence-electron chi connectivity index (χ2n) is 2.65. The highest BCUT2D eigenvalue weighted by atomic mass is 16.1. The average Bonchev–Trinajstić information content (AvgIpc) is 2.26. The first-order chi connectivity index (χ1) is 5.59. The van der Waals surface area contributed by atoms with E-state index in [1.54, 1.807) is 4.68 Å². The Bertz CT molecular complexity index is 292. The molecule has 0 spiro atoms. The number of carbonyl (C=O) groups excluding carboxylic acids is 1. The van der Waals surface area contributed by atoms with Crippen LogP contribution in [-0.4, -0.2) is 20.7 Å². The zero-order chi connectivity index (χ0) is 9.14. The molecule has 0 aliphatic heterocycles. The summed E-state index contributed by atoms with van der Waals surface area (Å²) in [5.41, 5.74) is 5.00. The number of amides is 1. The van der Waals surface area contributed by atoms with Crippen LogP contribution in [0.1, 0.15) is 18.1 Å². The Morgan fingerprint density at radius 3 is 2.67 bits per heavy atom. The maximum atomic E-state index is 10.5. The molecule has 0 saturated carbocycles. The number of hydrogen-bond donors (Lipinski definition) is 1. The SMILES string of the molecule is Cc1nc(C)n(CCC(N)=O)n1. The zero-order valence-corrected chi connectivity index (χ0v) is 7.24. The molecule has 0 aliphatic carbocycles. The van der Waals surface area contributed by atoms with Gasteiger partial charge in [-0.25, -0.2) is 9.67 Å². The van der Waals surface area contributed by atoms with Gasteiger partial charge in [0.25, 0.3) is 0 Å². The van der Waals surface area contributed by atoms with Crippen LogP contribution < -0.4 is 5.73 Å². The zero-order valence-electron chi connectivity index (χ0n) is 7.24. The summed E-state index contributed by atoms with van der Waals surface area (Å²) in [7, 11) is 0. The van der Waals surface area contributed by atoms with Crippen molar-refractivity contribution < 1.29 is 4.79 Å². The number of aromatic nitrogens is 3. The van der Waals surface area contributed by atoms with Gasteiger partial charge in [0, 0.05) is 6.42 Å². The first-order valence-corrected chi connectivity index (χ1v) is 3.76. The molecule has 1 aromatic heterocycles. The molecule has 0 aliphatic rings. The summed E-state index contributed by atoms with van der Waals surface area (Å²) >= 11 is 0. The van der Waals surface area contributed by atoms with Gasteiger partial charge in [-0.05, 0) is 13.8 Å². The number of rotatable bonds is 3. The number of nitrogens with two attached hydrogens (primary N) is 1. The summed E-state index contributed by atoms with van der Waals surface area (Å²) < 4.78 is 1.68. The number of hydrogen-bond acceptors (Lipinski definition) is 3. The molecule has 1 amide bonds. The predicted octanol–water partition coefficient (Wildman–Crippen LogP) is -0.230. The van der Waals surface area contributed by atoms with Gasteiger partial charge < -0.3 is 5.73 Å². The van der Waals surface area contributed by atoms with Crippen molar-refractivity contribution in [1.29, 1.82) is 0 Å². The molecule has 5 heteroatoms. The van der Waals surface area contributed by atoms with Crippen molar-refractivity contribution in [3.8, 4) is 0 Å². The number of aryl methyl sites for hydroxylation is 3. The van der Waals surface area contributed by atoms with Crippen molar-refractivity contribution in [3.05, 3.63) is 11.6 Å². The molecule has 1 heterocycles. The molecule has 0 atom stereocenters. The minimum Gasteiger partial charge on any atom is -0.370 e. The Hall–Kier alpha value is -1.39. The van der Waals surface area contributed by atoms with Gasteiger partial charge in [0.05, 0.1) is 6.54 Å². The van der Waals surface area contributed by atoms with Gasteiger partial charge in [0.2, 0.25) is 5.91 Å². The second-order valence-corrected chi connectivity index (χ2v) is 2.65. The molecule has 0 aromatic carbocycles. The smallest absolute Gasteiger partial charge is 0.219 e. The Morgan fingerprint density at radius 1 is 1.58 bits per heavy atom. The average molecular weight is 168 g/mol. The maximum absolute atomic E-state index is 10.5. The van der Waals surface area contributed by atoms with Crippen molar-refractivity contribution in [2.75, 3.05) is 0 Å². The number of primary amides is 1. The van der Waals surface area contributed by atoms with E-state index in [-0.39, 0.29) is 5.91 Å². The number of nitrogens with zero attached hydrogens (tertiary/aromatic N) is 3. The van der Waals surface area contributed by atoms with Crippen molar-refractivity contribution in [1.82, 2.24) is 14.8 Å². The molecule has 0 unspecified atom stereocenters. The molecule has 66 valence electrons. The topological polar surface area (TPSA) is 73.8 Å². The minimum absolute atomic E-state index is 0.309. The first-order valence-electron chi connectivity index (χ1n) is 3.76. The molecule has 0 bridgehead atoms. The molecule has 0 radical (unpaired) electrons. The third-order valence-electron chi connectivity index (χ3n) is 1.53. The van der Waals surface area contributed by atoms with Gasteiger partial charge in [0.15, 0.2) is 0 Å². The number of carbonyl (C=O) groups is 1. The van der Waals surface area contributed by atoms with Crippen LogP contribution in [0.3, 0.4) is 0 Å². The Balaban J connectivity index is 2.62. The van der Waals surface area contributed by atoms with Crippen molar-refractivity contribution >= 4 is 5.91 Å². The fourth-order valence-electron chi connectivity index (χ4n) is 0.989. The van der Waals surface area contributed by atoms with Crippen LogP contribution in [-0.2, 0) is 11.3 Å². The lowest BCUT2D eigenvalue weighted by Crippen LogP contribution is -2.15. The molecule has 1 aromatic rings. The first kappa shape index (κ1) is 8.70. The molecule has 0 fully saturated rings. The van der Waals surface area contributed by atoms with Gasteiger partial charge in [-0.1, -0.05) is 0 Å². The minimum atomic E-state index is -0.317. The van der Waals surface area contributed by atoms with E-state index in [9.17, 15) is 4.79 Å². The van der Waals surface area contributed by atoms with Crippen molar-refractivity contribution in [2.24, 2.45) is 5.73 Å². The molecule has 0 saturated heterocycles. The van der Waals surface area contributed by atoms with Gasteiger partial charge >= 0.3 is 0 Å². The largest absolute Gasteiger partial charge is 0.370 e. The summed E-state index contributed by atoms with van der Waals surface area (Å²) in [6, 6.07) is 0. The third-order valence-corrected chi connectivity index (χ3v) is 1.53. The fourth-order valence-corrected chi connectivity index (χ4v) is 0.989. The van der Waals surface area contributed by atoms with Gasteiger partial charge in [-0.2, -0.15) is 5.10 Å². The normalized spacial score (nSPS) is 10.2. The van der Waals surface area contributed by atoms with Crippen LogP contribution in [0.4, 0.5) is 0 Å². The molecular weight excluding hydrogens is 156 g/mol. The van der Waals surface area contributed by atoms with E-state index >= 15 is 0 Å². The molecule has 2 N–H and O–H groups in total. The Kier molecular flexibility index (Phi) is 2.42. The van der Waals surface area contributed by atoms with Gasteiger partial charge in [-0.15, -0.1) is 0 Å². The molecule has 5 nitrogen and oxygen atoms in total. The van der Waals surface area contributed by atoms with Crippen LogP contribution in [0.25, 0.3) is 0 Å². The van der Waals surface area contributed by atoms with Crippen LogP contribution in [0.2, 0.25) is 0 Å². The molecule has 1 rings (SSSR count). The summed E-state index contributed by atoms with van der Waals surface area (Å²) in [5, 5.41) is 4.08. The van der Waals surface area contributed by atoms with Crippen molar-refractivity contribution in [3.63, 3.8) is 0 Å². The lowest BCUT2D eigenvalue weighted by Gasteiger charge is -1.98. The summed E-state index contributed by atoms with van der Waals surface area (Å²) in [6.45, 7) is 4.18. The van der Waals surface area contributed by atoms with E-state index in [0.29, 0.717) is 13.0 Å². The van der Waals surface area contributed by atoms with E-state index in [1.807, 2.05) is 13.8 Å². The van der Waals surface area contributed by atoms with E-state index < -0.39 is 0 Å². The summed E-state index contributed by atoms with van der Waals surface area (Å²) in [6.07, 6.45) is 0.309. The van der Waals surface area contributed by atoms with Crippen LogP contribution >= 0.6 is 0 Å². The molecular formula is C7H12N4O. The van der Waals surface area contributed by atoms with E-state index in [2.05, 4.69) is 10.1 Å².